The molecule has 1 aliphatic rings. The Morgan fingerprint density at radius 3 is 2.71 bits per heavy atom. The minimum atomic E-state index is 0.0936. The Balaban J connectivity index is 1.58. The van der Waals surface area contributed by atoms with Crippen LogP contribution in [0.15, 0.2) is 96.4 Å². The van der Waals surface area contributed by atoms with Crippen molar-refractivity contribution in [3.63, 3.8) is 0 Å². The van der Waals surface area contributed by atoms with Gasteiger partial charge in [0, 0.05) is 16.6 Å². The van der Waals surface area contributed by atoms with E-state index in [1.54, 1.807) is 0 Å². The molecule has 0 radical (unpaired) electrons. The number of nitrogens with zero attached hydrogens (tertiary/aromatic N) is 1. The number of nitrogens with one attached hydrogen (secondary N) is 1. The Kier molecular flexibility index (Phi) is 8.19. The van der Waals surface area contributed by atoms with Gasteiger partial charge in [-0.05, 0) is 72.2 Å². The Morgan fingerprint density at radius 2 is 1.97 bits per heavy atom. The maximum atomic E-state index is 9.60. The Morgan fingerprint density at radius 1 is 1.16 bits per heavy atom. The van der Waals surface area contributed by atoms with Gasteiger partial charge in [0.05, 0.1) is 11.6 Å². The third-order valence-electron chi connectivity index (χ3n) is 5.32. The lowest BCUT2D eigenvalue weighted by Crippen LogP contribution is -2.09. The van der Waals surface area contributed by atoms with Gasteiger partial charge in [0.1, 0.15) is 0 Å². The van der Waals surface area contributed by atoms with Gasteiger partial charge >= 0.3 is 0 Å². The summed E-state index contributed by atoms with van der Waals surface area (Å²) in [7, 11) is 0. The van der Waals surface area contributed by atoms with Crippen molar-refractivity contribution in [2.75, 3.05) is 5.32 Å². The second kappa shape index (κ2) is 11.3. The summed E-state index contributed by atoms with van der Waals surface area (Å²) in [5, 5.41) is 13.0. The smallest absolute Gasteiger partial charge is 0.0995 e. The van der Waals surface area contributed by atoms with Crippen molar-refractivity contribution in [2.24, 2.45) is 0 Å². The summed E-state index contributed by atoms with van der Waals surface area (Å²) in [6, 6.07) is 18.7. The van der Waals surface area contributed by atoms with Crippen molar-refractivity contribution >= 4 is 23.9 Å². The summed E-state index contributed by atoms with van der Waals surface area (Å²) in [4.78, 5) is 0. The van der Waals surface area contributed by atoms with E-state index in [9.17, 15) is 5.26 Å². The monoisotopic (exact) mass is 424 g/mol. The average molecular weight is 425 g/mol. The number of aryl methyl sites for hydroxylation is 1. The van der Waals surface area contributed by atoms with Crippen molar-refractivity contribution in [1.82, 2.24) is 0 Å². The van der Waals surface area contributed by atoms with Gasteiger partial charge in [-0.3, -0.25) is 0 Å². The number of anilines is 1. The second-order valence-electron chi connectivity index (χ2n) is 7.57. The fourth-order valence-corrected chi connectivity index (χ4v) is 3.54. The molecule has 1 unspecified atom stereocenters. The molecule has 0 amide bonds. The SMILES string of the molecule is C=C(Nc1ccc(CCCC2=C=CC=C(c3ccccc3)C=C2)c(C#N)c1)C(S)CC. The van der Waals surface area contributed by atoms with Crippen molar-refractivity contribution in [1.29, 1.82) is 5.26 Å². The zero-order valence-electron chi connectivity index (χ0n) is 17.9. The number of hydrogen-bond acceptors (Lipinski definition) is 3. The van der Waals surface area contributed by atoms with E-state index in [4.69, 9.17) is 0 Å². The number of allylic oxidation sites excluding steroid dienone is 5. The van der Waals surface area contributed by atoms with Gasteiger partial charge in [0.25, 0.3) is 0 Å². The molecule has 1 aliphatic carbocycles. The summed E-state index contributed by atoms with van der Waals surface area (Å²) < 4.78 is 0. The first kappa shape index (κ1) is 22.5. The molecule has 2 aromatic carbocycles. The maximum absolute atomic E-state index is 9.60. The van der Waals surface area contributed by atoms with Crippen molar-refractivity contribution < 1.29 is 0 Å². The molecule has 0 bridgehead atoms. The van der Waals surface area contributed by atoms with Crippen LogP contribution in [0, 0.1) is 11.3 Å². The van der Waals surface area contributed by atoms with Crippen LogP contribution >= 0.6 is 12.6 Å². The highest BCUT2D eigenvalue weighted by atomic mass is 32.1. The van der Waals surface area contributed by atoms with Crippen LogP contribution in [-0.2, 0) is 6.42 Å². The normalized spacial score (nSPS) is 13.6. The minimum absolute atomic E-state index is 0.0936. The summed E-state index contributed by atoms with van der Waals surface area (Å²) in [5.41, 5.74) is 10.5. The number of thiol groups is 1. The van der Waals surface area contributed by atoms with E-state index in [2.05, 4.69) is 85.7 Å². The lowest BCUT2D eigenvalue weighted by Gasteiger charge is -2.15. The van der Waals surface area contributed by atoms with E-state index in [-0.39, 0.29) is 5.25 Å². The van der Waals surface area contributed by atoms with Crippen LogP contribution in [0.2, 0.25) is 0 Å². The molecule has 3 heteroatoms. The highest BCUT2D eigenvalue weighted by Gasteiger charge is 2.08. The molecule has 31 heavy (non-hydrogen) atoms. The molecule has 2 aromatic rings. The number of nitriles is 1. The molecule has 0 aliphatic heterocycles. The predicted octanol–water partition coefficient (Wildman–Crippen LogP) is 7.25. The minimum Gasteiger partial charge on any atom is -0.358 e. The lowest BCUT2D eigenvalue weighted by molar-refractivity contribution is 0.823. The van der Waals surface area contributed by atoms with E-state index in [1.807, 2.05) is 30.3 Å². The van der Waals surface area contributed by atoms with Gasteiger partial charge in [-0.15, -0.1) is 5.73 Å². The number of benzene rings is 2. The molecular weight excluding hydrogens is 396 g/mol. The quantitative estimate of drug-likeness (QED) is 0.328. The summed E-state index contributed by atoms with van der Waals surface area (Å²) in [6.45, 7) is 6.11. The van der Waals surface area contributed by atoms with Gasteiger partial charge < -0.3 is 5.32 Å². The van der Waals surface area contributed by atoms with Gasteiger partial charge in [-0.1, -0.05) is 62.1 Å². The third kappa shape index (κ3) is 6.40. The van der Waals surface area contributed by atoms with Crippen LogP contribution in [0.1, 0.15) is 42.9 Å². The molecule has 3 rings (SSSR count). The van der Waals surface area contributed by atoms with Gasteiger partial charge in [0.2, 0.25) is 0 Å². The molecule has 0 fully saturated rings. The molecular formula is C28H28N2S. The zero-order chi connectivity index (χ0) is 22.1. The van der Waals surface area contributed by atoms with Crippen LogP contribution in [0.4, 0.5) is 5.69 Å². The summed E-state index contributed by atoms with van der Waals surface area (Å²) >= 11 is 4.51. The largest absolute Gasteiger partial charge is 0.358 e. The van der Waals surface area contributed by atoms with Crippen molar-refractivity contribution in [2.45, 2.75) is 37.9 Å². The number of hydrogen-bond donors (Lipinski definition) is 2. The predicted molar refractivity (Wildman–Crippen MR) is 135 cm³/mol. The molecule has 156 valence electrons. The Bertz CT molecular complexity index is 1090. The topological polar surface area (TPSA) is 35.8 Å². The third-order valence-corrected chi connectivity index (χ3v) is 6.00. The fraction of sp³-hybridized carbons (Fsp3) is 0.214. The summed E-state index contributed by atoms with van der Waals surface area (Å²) in [5.74, 6) is 0. The Hall–Kier alpha value is -3.18. The lowest BCUT2D eigenvalue weighted by atomic mass is 9.99. The number of rotatable bonds is 9. The van der Waals surface area contributed by atoms with E-state index in [0.29, 0.717) is 5.56 Å². The van der Waals surface area contributed by atoms with Gasteiger partial charge in [-0.25, -0.2) is 0 Å². The van der Waals surface area contributed by atoms with E-state index in [0.717, 1.165) is 42.6 Å². The molecule has 0 heterocycles. The molecule has 0 aromatic heterocycles. The van der Waals surface area contributed by atoms with Crippen LogP contribution in [-0.4, -0.2) is 5.25 Å². The highest BCUT2D eigenvalue weighted by molar-refractivity contribution is 7.81. The van der Waals surface area contributed by atoms with Crippen molar-refractivity contribution in [3.8, 4) is 6.07 Å². The van der Waals surface area contributed by atoms with E-state index < -0.39 is 0 Å². The molecule has 0 spiro atoms. The van der Waals surface area contributed by atoms with E-state index >= 15 is 0 Å². The average Bonchev–Trinajstić information content (AvgIpc) is 3.05. The zero-order valence-corrected chi connectivity index (χ0v) is 18.8. The standard InChI is InChI=1S/C28H28N2S/c1-3-28(31)21(2)30-27-18-17-25(26(19-27)20-29)14-8-10-22-9-7-13-24(16-15-22)23-11-5-4-6-12-23/h4-7,11-13,15-19,28,30-31H,2-3,8,10,14H2,1H3. The molecule has 0 saturated heterocycles. The van der Waals surface area contributed by atoms with Crippen LogP contribution < -0.4 is 5.32 Å². The summed E-state index contributed by atoms with van der Waals surface area (Å²) in [6.07, 6.45) is 12.0. The molecule has 0 saturated carbocycles. The molecule has 1 N–H and O–H groups in total. The highest BCUT2D eigenvalue weighted by Crippen LogP contribution is 2.23. The van der Waals surface area contributed by atoms with Gasteiger partial charge in [-0.2, -0.15) is 17.9 Å². The van der Waals surface area contributed by atoms with Crippen LogP contribution in [0.25, 0.3) is 5.57 Å². The van der Waals surface area contributed by atoms with Crippen LogP contribution in [0.3, 0.4) is 0 Å². The molecule has 1 atom stereocenters. The first-order chi connectivity index (χ1) is 15.1. The first-order valence-electron chi connectivity index (χ1n) is 10.7. The van der Waals surface area contributed by atoms with Crippen molar-refractivity contribution in [3.05, 3.63) is 113 Å². The van der Waals surface area contributed by atoms with Crippen LogP contribution in [0.5, 0.6) is 0 Å². The maximum Gasteiger partial charge on any atom is 0.0995 e. The first-order valence-corrected chi connectivity index (χ1v) is 11.2. The second-order valence-corrected chi connectivity index (χ2v) is 8.19. The molecule has 2 nitrogen and oxygen atoms in total. The fourth-order valence-electron chi connectivity index (χ4n) is 3.47. The van der Waals surface area contributed by atoms with E-state index in [1.165, 1.54) is 16.7 Å². The van der Waals surface area contributed by atoms with Gasteiger partial charge in [0.15, 0.2) is 0 Å². The Labute approximate surface area is 191 Å².